The molecule has 0 unspecified atom stereocenters. The van der Waals surface area contributed by atoms with Gasteiger partial charge < -0.3 is 10.1 Å². The summed E-state index contributed by atoms with van der Waals surface area (Å²) in [5.41, 5.74) is 0. The summed E-state index contributed by atoms with van der Waals surface area (Å²) < 4.78 is 7.24. The summed E-state index contributed by atoms with van der Waals surface area (Å²) in [5, 5.41) is 2.86. The molecular weight excluding hydrogens is 370 g/mol. The standard InChI is InChI=1S/C11H15Br2NO2S/c1-7(2)16-5-3-4-14-11(15)9-6-8(12)10(13)17-9/h6-7H,3-5H2,1-2H3,(H,14,15). The van der Waals surface area contributed by atoms with Crippen molar-refractivity contribution in [2.45, 2.75) is 26.4 Å². The van der Waals surface area contributed by atoms with Crippen LogP contribution in [0, 0.1) is 0 Å². The molecule has 1 rings (SSSR count). The van der Waals surface area contributed by atoms with Gasteiger partial charge in [-0.25, -0.2) is 0 Å². The third-order valence-electron chi connectivity index (χ3n) is 1.93. The molecule has 6 heteroatoms. The maximum atomic E-state index is 11.7. The number of halogens is 2. The van der Waals surface area contributed by atoms with E-state index in [0.717, 1.165) is 14.7 Å². The van der Waals surface area contributed by atoms with Crippen LogP contribution in [-0.4, -0.2) is 25.2 Å². The van der Waals surface area contributed by atoms with Crippen molar-refractivity contribution in [1.82, 2.24) is 5.32 Å². The molecule has 1 heterocycles. The highest BCUT2D eigenvalue weighted by Crippen LogP contribution is 2.32. The van der Waals surface area contributed by atoms with Gasteiger partial charge in [-0.15, -0.1) is 11.3 Å². The first kappa shape index (κ1) is 15.1. The first-order valence-electron chi connectivity index (χ1n) is 5.35. The van der Waals surface area contributed by atoms with Gasteiger partial charge in [0, 0.05) is 17.6 Å². The van der Waals surface area contributed by atoms with E-state index in [1.807, 2.05) is 19.9 Å². The van der Waals surface area contributed by atoms with Crippen molar-refractivity contribution >= 4 is 49.1 Å². The summed E-state index contributed by atoms with van der Waals surface area (Å²) in [5.74, 6) is -0.0362. The van der Waals surface area contributed by atoms with Crippen LogP contribution in [-0.2, 0) is 4.74 Å². The van der Waals surface area contributed by atoms with Crippen molar-refractivity contribution in [1.29, 1.82) is 0 Å². The minimum Gasteiger partial charge on any atom is -0.379 e. The van der Waals surface area contributed by atoms with E-state index in [0.29, 0.717) is 18.0 Å². The molecule has 0 spiro atoms. The SMILES string of the molecule is CC(C)OCCCNC(=O)c1cc(Br)c(Br)s1. The summed E-state index contributed by atoms with van der Waals surface area (Å²) in [7, 11) is 0. The third-order valence-corrected chi connectivity index (χ3v) is 5.18. The fraction of sp³-hybridized carbons (Fsp3) is 0.545. The van der Waals surface area contributed by atoms with E-state index in [2.05, 4.69) is 37.2 Å². The van der Waals surface area contributed by atoms with Gasteiger partial charge in [0.05, 0.1) is 14.8 Å². The minimum absolute atomic E-state index is 0.0362. The van der Waals surface area contributed by atoms with E-state index in [4.69, 9.17) is 4.74 Å². The average molecular weight is 385 g/mol. The van der Waals surface area contributed by atoms with Gasteiger partial charge in [-0.3, -0.25) is 4.79 Å². The number of carbonyl (C=O) groups is 1. The van der Waals surface area contributed by atoms with Crippen LogP contribution < -0.4 is 5.32 Å². The summed E-state index contributed by atoms with van der Waals surface area (Å²) in [6.07, 6.45) is 1.08. The molecule has 0 saturated carbocycles. The summed E-state index contributed by atoms with van der Waals surface area (Å²) >= 11 is 8.14. The summed E-state index contributed by atoms with van der Waals surface area (Å²) in [4.78, 5) is 12.4. The number of amides is 1. The van der Waals surface area contributed by atoms with Gasteiger partial charge in [-0.2, -0.15) is 0 Å². The van der Waals surface area contributed by atoms with Crippen LogP contribution >= 0.6 is 43.2 Å². The topological polar surface area (TPSA) is 38.3 Å². The van der Waals surface area contributed by atoms with Gasteiger partial charge in [-0.05, 0) is 58.2 Å². The van der Waals surface area contributed by atoms with Crippen molar-refractivity contribution in [2.24, 2.45) is 0 Å². The van der Waals surface area contributed by atoms with Gasteiger partial charge in [-0.1, -0.05) is 0 Å². The average Bonchev–Trinajstić information content (AvgIpc) is 2.58. The van der Waals surface area contributed by atoms with E-state index in [9.17, 15) is 4.79 Å². The van der Waals surface area contributed by atoms with Crippen LogP contribution in [0.25, 0.3) is 0 Å². The molecule has 0 aliphatic rings. The second kappa shape index (κ2) is 7.51. The van der Waals surface area contributed by atoms with Crippen LogP contribution in [0.2, 0.25) is 0 Å². The van der Waals surface area contributed by atoms with E-state index < -0.39 is 0 Å². The van der Waals surface area contributed by atoms with E-state index in [1.54, 1.807) is 0 Å². The zero-order valence-electron chi connectivity index (χ0n) is 9.76. The Hall–Kier alpha value is 0.0900. The van der Waals surface area contributed by atoms with Gasteiger partial charge in [0.15, 0.2) is 0 Å². The van der Waals surface area contributed by atoms with Crippen LogP contribution in [0.4, 0.5) is 0 Å². The zero-order chi connectivity index (χ0) is 12.8. The largest absolute Gasteiger partial charge is 0.379 e. The van der Waals surface area contributed by atoms with Crippen LogP contribution in [0.1, 0.15) is 29.9 Å². The van der Waals surface area contributed by atoms with Crippen molar-refractivity contribution < 1.29 is 9.53 Å². The minimum atomic E-state index is -0.0362. The first-order chi connectivity index (χ1) is 8.00. The highest BCUT2D eigenvalue weighted by atomic mass is 79.9. The predicted octanol–water partition coefficient (Wildman–Crippen LogP) is 3.82. The van der Waals surface area contributed by atoms with Gasteiger partial charge in [0.1, 0.15) is 0 Å². The number of hydrogen-bond donors (Lipinski definition) is 1. The first-order valence-corrected chi connectivity index (χ1v) is 7.75. The molecule has 1 aromatic heterocycles. The number of rotatable bonds is 6. The third kappa shape index (κ3) is 5.50. The highest BCUT2D eigenvalue weighted by molar-refractivity contribution is 9.13. The Bertz CT molecular complexity index is 360. The molecule has 96 valence electrons. The lowest BCUT2D eigenvalue weighted by atomic mass is 10.4. The van der Waals surface area contributed by atoms with Crippen LogP contribution in [0.15, 0.2) is 14.3 Å². The quantitative estimate of drug-likeness (QED) is 0.757. The molecule has 0 radical (unpaired) electrons. The van der Waals surface area contributed by atoms with Gasteiger partial charge in [0.25, 0.3) is 5.91 Å². The molecule has 0 atom stereocenters. The maximum Gasteiger partial charge on any atom is 0.261 e. The highest BCUT2D eigenvalue weighted by Gasteiger charge is 2.11. The molecule has 0 bridgehead atoms. The lowest BCUT2D eigenvalue weighted by Gasteiger charge is -2.07. The molecule has 0 aliphatic heterocycles. The molecule has 1 N–H and O–H groups in total. The molecule has 0 aromatic carbocycles. The fourth-order valence-corrected chi connectivity index (χ4v) is 3.09. The Kier molecular flexibility index (Phi) is 6.69. The van der Waals surface area contributed by atoms with Gasteiger partial charge >= 0.3 is 0 Å². The molecule has 0 saturated heterocycles. The lowest BCUT2D eigenvalue weighted by molar-refractivity contribution is 0.0757. The number of nitrogens with one attached hydrogen (secondary N) is 1. The van der Waals surface area contributed by atoms with Crippen molar-refractivity contribution in [3.05, 3.63) is 19.2 Å². The monoisotopic (exact) mass is 383 g/mol. The zero-order valence-corrected chi connectivity index (χ0v) is 13.7. The van der Waals surface area contributed by atoms with Crippen molar-refractivity contribution in [2.75, 3.05) is 13.2 Å². The number of carbonyl (C=O) groups excluding carboxylic acids is 1. The second-order valence-corrected chi connectivity index (χ2v) is 6.99. The van der Waals surface area contributed by atoms with Crippen molar-refractivity contribution in [3.8, 4) is 0 Å². The van der Waals surface area contributed by atoms with Crippen LogP contribution in [0.5, 0.6) is 0 Å². The molecular formula is C11H15Br2NO2S. The Morgan fingerprint density at radius 1 is 1.53 bits per heavy atom. The molecule has 0 fully saturated rings. The summed E-state index contributed by atoms with van der Waals surface area (Å²) in [6, 6.07) is 1.81. The second-order valence-electron chi connectivity index (χ2n) is 3.76. The van der Waals surface area contributed by atoms with E-state index >= 15 is 0 Å². The van der Waals surface area contributed by atoms with E-state index in [-0.39, 0.29) is 12.0 Å². The Labute approximate surface area is 122 Å². The molecule has 0 aliphatic carbocycles. The Morgan fingerprint density at radius 3 is 2.76 bits per heavy atom. The number of ether oxygens (including phenoxy) is 1. The molecule has 1 amide bonds. The molecule has 3 nitrogen and oxygen atoms in total. The van der Waals surface area contributed by atoms with Crippen LogP contribution in [0.3, 0.4) is 0 Å². The summed E-state index contributed by atoms with van der Waals surface area (Å²) in [6.45, 7) is 5.31. The number of thiophene rings is 1. The molecule has 17 heavy (non-hydrogen) atoms. The predicted molar refractivity (Wildman–Crippen MR) is 77.8 cm³/mol. The fourth-order valence-electron chi connectivity index (χ4n) is 1.14. The lowest BCUT2D eigenvalue weighted by Crippen LogP contribution is -2.24. The van der Waals surface area contributed by atoms with Gasteiger partial charge in [0.2, 0.25) is 0 Å². The number of hydrogen-bond acceptors (Lipinski definition) is 3. The Balaban J connectivity index is 2.26. The maximum absolute atomic E-state index is 11.7. The molecule has 1 aromatic rings. The smallest absolute Gasteiger partial charge is 0.261 e. The normalized spacial score (nSPS) is 10.9. The van der Waals surface area contributed by atoms with E-state index in [1.165, 1.54) is 11.3 Å². The Morgan fingerprint density at radius 2 is 2.24 bits per heavy atom. The van der Waals surface area contributed by atoms with Crippen molar-refractivity contribution in [3.63, 3.8) is 0 Å².